The molecular weight excluding hydrogens is 599 g/mol. The highest BCUT2D eigenvalue weighted by molar-refractivity contribution is 6.14. The van der Waals surface area contributed by atoms with Crippen LogP contribution in [-0.4, -0.2) is 9.55 Å². The molecule has 4 nitrogen and oxygen atoms in total. The largest absolute Gasteiger partial charge is 0.454 e. The van der Waals surface area contributed by atoms with Crippen LogP contribution in [0.5, 0.6) is 0 Å². The van der Waals surface area contributed by atoms with Gasteiger partial charge in [0.25, 0.3) is 0 Å². The van der Waals surface area contributed by atoms with Gasteiger partial charge in [-0.25, -0.2) is 4.98 Å². The van der Waals surface area contributed by atoms with E-state index in [0.717, 1.165) is 61.1 Å². The minimum Gasteiger partial charge on any atom is -0.454 e. The maximum Gasteiger partial charge on any atom is 0.155 e. The number of para-hydroxylation sites is 2. The molecule has 49 heavy (non-hydrogen) atoms. The predicted octanol–water partition coefficient (Wildman–Crippen LogP) is 12.4. The first-order valence-corrected chi connectivity index (χ1v) is 16.5. The summed E-state index contributed by atoms with van der Waals surface area (Å²) in [5.74, 6) is 0. The maximum absolute atomic E-state index is 6.59. The summed E-state index contributed by atoms with van der Waals surface area (Å²) >= 11 is 0. The second-order valence-corrected chi connectivity index (χ2v) is 12.4. The van der Waals surface area contributed by atoms with Crippen LogP contribution in [-0.2, 0) is 0 Å². The second kappa shape index (κ2) is 11.0. The first-order chi connectivity index (χ1) is 24.3. The number of aromatic nitrogens is 2. The number of hydrogen-bond acceptors (Lipinski definition) is 3. The van der Waals surface area contributed by atoms with Gasteiger partial charge in [0.05, 0.1) is 22.9 Å². The molecule has 4 heteroatoms. The highest BCUT2D eigenvalue weighted by atomic mass is 16.3. The molecule has 0 aliphatic rings. The Labute approximate surface area is 282 Å². The van der Waals surface area contributed by atoms with E-state index in [9.17, 15) is 0 Å². The number of anilines is 3. The molecule has 0 saturated heterocycles. The molecule has 3 heterocycles. The number of pyridine rings is 1. The molecule has 0 aliphatic carbocycles. The lowest BCUT2D eigenvalue weighted by Gasteiger charge is -2.25. The molecule has 0 atom stereocenters. The number of nitrogens with zero attached hydrogens (tertiary/aromatic N) is 3. The lowest BCUT2D eigenvalue weighted by Crippen LogP contribution is -2.10. The van der Waals surface area contributed by atoms with E-state index in [-0.39, 0.29) is 0 Å². The number of benzene rings is 7. The molecule has 3 aromatic heterocycles. The van der Waals surface area contributed by atoms with Crippen LogP contribution in [0.1, 0.15) is 0 Å². The van der Waals surface area contributed by atoms with Crippen molar-refractivity contribution in [3.8, 4) is 16.8 Å². The van der Waals surface area contributed by atoms with Gasteiger partial charge >= 0.3 is 0 Å². The molecule has 0 radical (unpaired) electrons. The van der Waals surface area contributed by atoms with E-state index in [2.05, 4.69) is 179 Å². The molecule has 0 unspecified atom stereocenters. The highest BCUT2D eigenvalue weighted by Crippen LogP contribution is 2.42. The van der Waals surface area contributed by atoms with Gasteiger partial charge < -0.3 is 13.9 Å². The van der Waals surface area contributed by atoms with E-state index >= 15 is 0 Å². The number of furan rings is 1. The van der Waals surface area contributed by atoms with Gasteiger partial charge in [-0.2, -0.15) is 0 Å². The van der Waals surface area contributed by atoms with E-state index in [0.29, 0.717) is 0 Å². The standard InChI is InChI=1S/C45H29N3O/c1-3-11-30(12-4-1)31-19-22-34(23-20-31)47(36-28-43-44(46-29-36)39-25-21-32-13-7-8-16-37(32)45(39)49-43)35-24-26-42-40(27-35)38-17-9-10-18-41(38)48(42)33-14-5-2-6-15-33/h1-29H. The van der Waals surface area contributed by atoms with Crippen molar-refractivity contribution in [1.29, 1.82) is 0 Å². The van der Waals surface area contributed by atoms with Crippen molar-refractivity contribution in [2.75, 3.05) is 4.90 Å². The number of rotatable bonds is 5. The molecule has 0 fully saturated rings. The fourth-order valence-electron chi connectivity index (χ4n) is 7.32. The van der Waals surface area contributed by atoms with Crippen LogP contribution in [0.25, 0.3) is 71.5 Å². The molecule has 0 N–H and O–H groups in total. The number of hydrogen-bond donors (Lipinski definition) is 0. The van der Waals surface area contributed by atoms with E-state index in [1.165, 1.54) is 27.4 Å². The van der Waals surface area contributed by atoms with E-state index < -0.39 is 0 Å². The van der Waals surface area contributed by atoms with Gasteiger partial charge in [0.1, 0.15) is 11.1 Å². The third-order valence-electron chi connectivity index (χ3n) is 9.60. The topological polar surface area (TPSA) is 34.2 Å². The van der Waals surface area contributed by atoms with E-state index in [4.69, 9.17) is 9.40 Å². The predicted molar refractivity (Wildman–Crippen MR) is 203 cm³/mol. The fourth-order valence-corrected chi connectivity index (χ4v) is 7.32. The summed E-state index contributed by atoms with van der Waals surface area (Å²) < 4.78 is 8.94. The Morgan fingerprint density at radius 1 is 0.469 bits per heavy atom. The third-order valence-corrected chi connectivity index (χ3v) is 9.60. The normalized spacial score (nSPS) is 11.7. The number of fused-ring (bicyclic) bond motifs is 8. The summed E-state index contributed by atoms with van der Waals surface area (Å²) in [6, 6.07) is 60.0. The summed E-state index contributed by atoms with van der Waals surface area (Å²) in [5, 5.41) is 5.66. The van der Waals surface area contributed by atoms with Gasteiger partial charge in [0, 0.05) is 44.7 Å². The first kappa shape index (κ1) is 27.5. The van der Waals surface area contributed by atoms with Crippen LogP contribution in [0, 0.1) is 0 Å². The molecule has 7 aromatic carbocycles. The highest BCUT2D eigenvalue weighted by Gasteiger charge is 2.20. The molecule has 10 rings (SSSR count). The van der Waals surface area contributed by atoms with Crippen LogP contribution in [0.2, 0.25) is 0 Å². The van der Waals surface area contributed by atoms with Gasteiger partial charge in [-0.05, 0) is 71.1 Å². The fraction of sp³-hybridized carbons (Fsp3) is 0. The third kappa shape index (κ3) is 4.42. The van der Waals surface area contributed by atoms with E-state index in [1.807, 2.05) is 6.20 Å². The Kier molecular flexibility index (Phi) is 6.15. The Morgan fingerprint density at radius 3 is 1.98 bits per heavy atom. The lowest BCUT2D eigenvalue weighted by atomic mass is 10.0. The van der Waals surface area contributed by atoms with Crippen LogP contribution in [0.15, 0.2) is 180 Å². The van der Waals surface area contributed by atoms with Crippen molar-refractivity contribution in [2.45, 2.75) is 0 Å². The molecular formula is C45H29N3O. The minimum absolute atomic E-state index is 0.761. The van der Waals surface area contributed by atoms with Gasteiger partial charge in [-0.15, -0.1) is 0 Å². The Bertz CT molecular complexity index is 2820. The Hall–Kier alpha value is -6.65. The van der Waals surface area contributed by atoms with Crippen LogP contribution < -0.4 is 4.90 Å². The molecule has 0 saturated carbocycles. The van der Waals surface area contributed by atoms with Gasteiger partial charge in [-0.3, -0.25) is 0 Å². The lowest BCUT2D eigenvalue weighted by molar-refractivity contribution is 0.672. The quantitative estimate of drug-likeness (QED) is 0.190. The van der Waals surface area contributed by atoms with Crippen molar-refractivity contribution in [3.63, 3.8) is 0 Å². The van der Waals surface area contributed by atoms with Crippen LogP contribution >= 0.6 is 0 Å². The molecule has 10 aromatic rings. The van der Waals surface area contributed by atoms with Crippen LogP contribution in [0.4, 0.5) is 17.1 Å². The monoisotopic (exact) mass is 627 g/mol. The molecule has 0 bridgehead atoms. The van der Waals surface area contributed by atoms with Crippen LogP contribution in [0.3, 0.4) is 0 Å². The van der Waals surface area contributed by atoms with Gasteiger partial charge in [0.2, 0.25) is 0 Å². The average Bonchev–Trinajstić information content (AvgIpc) is 3.71. The van der Waals surface area contributed by atoms with Crippen molar-refractivity contribution in [2.24, 2.45) is 0 Å². The van der Waals surface area contributed by atoms with Crippen molar-refractivity contribution < 1.29 is 4.42 Å². The minimum atomic E-state index is 0.761. The zero-order chi connectivity index (χ0) is 32.3. The first-order valence-electron chi connectivity index (χ1n) is 16.5. The zero-order valence-electron chi connectivity index (χ0n) is 26.5. The zero-order valence-corrected chi connectivity index (χ0v) is 26.5. The SMILES string of the molecule is c1ccc(-c2ccc(N(c3cnc4c(c3)oc3c5ccccc5ccc43)c3ccc4c(c3)c3ccccc3n4-c3ccccc3)cc2)cc1. The summed E-state index contributed by atoms with van der Waals surface area (Å²) in [7, 11) is 0. The molecule has 0 amide bonds. The summed E-state index contributed by atoms with van der Waals surface area (Å²) in [4.78, 5) is 7.31. The van der Waals surface area contributed by atoms with Crippen molar-refractivity contribution in [3.05, 3.63) is 176 Å². The molecule has 0 aliphatic heterocycles. The maximum atomic E-state index is 6.59. The Balaban J connectivity index is 1.18. The molecule has 230 valence electrons. The summed E-state index contributed by atoms with van der Waals surface area (Å²) in [5.41, 5.74) is 11.3. The van der Waals surface area contributed by atoms with Gasteiger partial charge in [0.15, 0.2) is 5.58 Å². The van der Waals surface area contributed by atoms with Crippen molar-refractivity contribution in [1.82, 2.24) is 9.55 Å². The Morgan fingerprint density at radius 2 is 1.14 bits per heavy atom. The van der Waals surface area contributed by atoms with Crippen molar-refractivity contribution >= 4 is 71.7 Å². The average molecular weight is 628 g/mol. The van der Waals surface area contributed by atoms with Gasteiger partial charge in [-0.1, -0.05) is 109 Å². The summed E-state index contributed by atoms with van der Waals surface area (Å²) in [6.45, 7) is 0. The van der Waals surface area contributed by atoms with E-state index in [1.54, 1.807) is 0 Å². The second-order valence-electron chi connectivity index (χ2n) is 12.4. The molecule has 0 spiro atoms. The smallest absolute Gasteiger partial charge is 0.155 e. The summed E-state index contributed by atoms with van der Waals surface area (Å²) in [6.07, 6.45) is 1.97.